The van der Waals surface area contributed by atoms with E-state index in [1.165, 1.54) is 5.69 Å². The molecule has 0 aliphatic heterocycles. The summed E-state index contributed by atoms with van der Waals surface area (Å²) in [5.41, 5.74) is 8.44. The minimum atomic E-state index is 0.717. The molecule has 0 aliphatic carbocycles. The van der Waals surface area contributed by atoms with Crippen LogP contribution >= 0.6 is 22.9 Å². The molecule has 0 atom stereocenters. The smallest absolute Gasteiger partial charge is 0.204 e. The highest BCUT2D eigenvalue weighted by Crippen LogP contribution is 2.39. The number of anilines is 2. The van der Waals surface area contributed by atoms with E-state index in [-0.39, 0.29) is 0 Å². The topological polar surface area (TPSA) is 40.5 Å². The zero-order valence-electron chi connectivity index (χ0n) is 18.1. The molecular weight excluding hydrogens is 436 g/mol. The predicted molar refractivity (Wildman–Crippen MR) is 139 cm³/mol. The Kier molecular flexibility index (Phi) is 7.20. The van der Waals surface area contributed by atoms with Crippen molar-refractivity contribution in [2.24, 2.45) is 5.10 Å². The lowest BCUT2D eigenvalue weighted by Gasteiger charge is -2.20. The zero-order chi connectivity index (χ0) is 22.3. The molecule has 0 aliphatic rings. The van der Waals surface area contributed by atoms with Crippen LogP contribution in [0.4, 0.5) is 10.8 Å². The molecular formula is C26H25ClN4S. The highest BCUT2D eigenvalue weighted by atomic mass is 35.5. The van der Waals surface area contributed by atoms with Crippen LogP contribution in [0.25, 0.3) is 21.7 Å². The number of hydrogen-bond donors (Lipinski definition) is 1. The van der Waals surface area contributed by atoms with Crippen molar-refractivity contribution in [1.29, 1.82) is 0 Å². The molecule has 3 aromatic carbocycles. The highest BCUT2D eigenvalue weighted by Gasteiger charge is 2.14. The number of benzene rings is 3. The first-order valence-electron chi connectivity index (χ1n) is 10.6. The van der Waals surface area contributed by atoms with Crippen LogP contribution in [0.1, 0.15) is 19.4 Å². The fourth-order valence-electron chi connectivity index (χ4n) is 3.48. The van der Waals surface area contributed by atoms with Gasteiger partial charge in [-0.1, -0.05) is 77.5 Å². The summed E-state index contributed by atoms with van der Waals surface area (Å²) in [6, 6.07) is 26.4. The van der Waals surface area contributed by atoms with Crippen molar-refractivity contribution in [2.45, 2.75) is 13.8 Å². The molecule has 4 nitrogen and oxygen atoms in total. The van der Waals surface area contributed by atoms with Crippen LogP contribution in [0.2, 0.25) is 5.02 Å². The van der Waals surface area contributed by atoms with Crippen molar-refractivity contribution >= 4 is 40.0 Å². The Balaban J connectivity index is 1.56. The molecule has 0 spiro atoms. The summed E-state index contributed by atoms with van der Waals surface area (Å²) in [7, 11) is 0. The largest absolute Gasteiger partial charge is 0.372 e. The molecule has 1 heterocycles. The second kappa shape index (κ2) is 10.4. The first kappa shape index (κ1) is 22.1. The first-order valence-corrected chi connectivity index (χ1v) is 11.8. The average molecular weight is 461 g/mol. The van der Waals surface area contributed by atoms with Gasteiger partial charge in [0.2, 0.25) is 5.13 Å². The summed E-state index contributed by atoms with van der Waals surface area (Å²) in [4.78, 5) is 8.22. The Labute approximate surface area is 198 Å². The lowest BCUT2D eigenvalue weighted by Crippen LogP contribution is -2.21. The van der Waals surface area contributed by atoms with E-state index < -0.39 is 0 Å². The van der Waals surface area contributed by atoms with Crippen molar-refractivity contribution in [2.75, 3.05) is 23.4 Å². The molecule has 0 saturated carbocycles. The SMILES string of the molecule is CCN(CC)c1ccc(/C=N/Nc2nc(-c3ccccc3)c(-c3ccc(Cl)cc3)s2)cc1. The Morgan fingerprint density at radius 1 is 0.906 bits per heavy atom. The number of halogens is 1. The van der Waals surface area contributed by atoms with Crippen molar-refractivity contribution < 1.29 is 0 Å². The number of hydrogen-bond acceptors (Lipinski definition) is 5. The Morgan fingerprint density at radius 3 is 2.25 bits per heavy atom. The minimum Gasteiger partial charge on any atom is -0.372 e. The molecule has 4 aromatic rings. The molecule has 0 radical (unpaired) electrons. The second-order valence-electron chi connectivity index (χ2n) is 7.20. The van der Waals surface area contributed by atoms with Crippen molar-refractivity contribution in [3.05, 3.63) is 89.4 Å². The highest BCUT2D eigenvalue weighted by molar-refractivity contribution is 7.19. The Bertz CT molecular complexity index is 1160. The van der Waals surface area contributed by atoms with E-state index in [1.54, 1.807) is 11.3 Å². The van der Waals surface area contributed by atoms with Gasteiger partial charge in [-0.3, -0.25) is 5.43 Å². The Hall–Kier alpha value is -3.15. The van der Waals surface area contributed by atoms with Gasteiger partial charge in [0.15, 0.2) is 0 Å². The van der Waals surface area contributed by atoms with E-state index >= 15 is 0 Å². The van der Waals surface area contributed by atoms with Gasteiger partial charge in [-0.15, -0.1) is 0 Å². The molecule has 4 rings (SSSR count). The summed E-state index contributed by atoms with van der Waals surface area (Å²) >= 11 is 7.66. The van der Waals surface area contributed by atoms with Crippen molar-refractivity contribution in [1.82, 2.24) is 4.98 Å². The monoisotopic (exact) mass is 460 g/mol. The molecule has 0 saturated heterocycles. The number of hydrazone groups is 1. The standard InChI is InChI=1S/C26H25ClN4S/c1-3-31(4-2)23-16-10-19(11-17-23)18-28-30-26-29-24(20-8-6-5-7-9-20)25(32-26)21-12-14-22(27)15-13-21/h5-18H,3-4H2,1-2H3,(H,29,30)/b28-18+. The summed E-state index contributed by atoms with van der Waals surface area (Å²) in [5, 5.41) is 5.88. The molecule has 1 N–H and O–H groups in total. The van der Waals surface area contributed by atoms with Gasteiger partial charge in [-0.05, 0) is 49.2 Å². The normalized spacial score (nSPS) is 11.1. The van der Waals surface area contributed by atoms with Crippen molar-refractivity contribution in [3.63, 3.8) is 0 Å². The fourth-order valence-corrected chi connectivity index (χ4v) is 4.55. The van der Waals surface area contributed by atoms with Crippen LogP contribution in [-0.2, 0) is 0 Å². The number of rotatable bonds is 8. The van der Waals surface area contributed by atoms with Crippen LogP contribution in [-0.4, -0.2) is 24.3 Å². The summed E-state index contributed by atoms with van der Waals surface area (Å²) in [5.74, 6) is 0. The van der Waals surface area contributed by atoms with Gasteiger partial charge in [0, 0.05) is 29.4 Å². The molecule has 6 heteroatoms. The second-order valence-corrected chi connectivity index (χ2v) is 8.64. The molecule has 0 fully saturated rings. The molecule has 1 aromatic heterocycles. The van der Waals surface area contributed by atoms with E-state index in [0.717, 1.165) is 50.5 Å². The van der Waals surface area contributed by atoms with E-state index in [2.05, 4.69) is 65.7 Å². The summed E-state index contributed by atoms with van der Waals surface area (Å²) in [6.45, 7) is 6.32. The van der Waals surface area contributed by atoms with Gasteiger partial charge in [-0.25, -0.2) is 4.98 Å². The molecule has 0 bridgehead atoms. The maximum absolute atomic E-state index is 6.09. The molecule has 0 unspecified atom stereocenters. The number of nitrogens with zero attached hydrogens (tertiary/aromatic N) is 3. The predicted octanol–water partition coefficient (Wildman–Crippen LogP) is 7.42. The molecule has 162 valence electrons. The lowest BCUT2D eigenvalue weighted by atomic mass is 10.1. The maximum atomic E-state index is 6.09. The molecule has 0 amide bonds. The van der Waals surface area contributed by atoms with Gasteiger partial charge < -0.3 is 4.90 Å². The Morgan fingerprint density at radius 2 is 1.59 bits per heavy atom. The molecule has 32 heavy (non-hydrogen) atoms. The third-order valence-electron chi connectivity index (χ3n) is 5.18. The number of aromatic nitrogens is 1. The maximum Gasteiger partial charge on any atom is 0.204 e. The third kappa shape index (κ3) is 5.18. The van der Waals surface area contributed by atoms with Gasteiger partial charge in [0.05, 0.1) is 16.8 Å². The lowest BCUT2D eigenvalue weighted by molar-refractivity contribution is 0.866. The quantitative estimate of drug-likeness (QED) is 0.219. The van der Waals surface area contributed by atoms with Crippen LogP contribution in [0.3, 0.4) is 0 Å². The summed E-state index contributed by atoms with van der Waals surface area (Å²) < 4.78 is 0. The number of thiazole rings is 1. The van der Waals surface area contributed by atoms with Gasteiger partial charge in [0.25, 0.3) is 0 Å². The first-order chi connectivity index (χ1) is 15.7. The zero-order valence-corrected chi connectivity index (χ0v) is 19.7. The van der Waals surface area contributed by atoms with Gasteiger partial charge >= 0.3 is 0 Å². The van der Waals surface area contributed by atoms with Gasteiger partial charge in [-0.2, -0.15) is 5.10 Å². The van der Waals surface area contributed by atoms with Crippen LogP contribution in [0, 0.1) is 0 Å². The van der Waals surface area contributed by atoms with E-state index in [1.807, 2.05) is 48.7 Å². The third-order valence-corrected chi connectivity index (χ3v) is 6.44. The van der Waals surface area contributed by atoms with E-state index in [0.29, 0.717) is 0 Å². The fraction of sp³-hybridized carbons (Fsp3) is 0.154. The van der Waals surface area contributed by atoms with Crippen molar-refractivity contribution in [3.8, 4) is 21.7 Å². The van der Waals surface area contributed by atoms with Crippen LogP contribution < -0.4 is 10.3 Å². The van der Waals surface area contributed by atoms with Gasteiger partial charge in [0.1, 0.15) is 0 Å². The van der Waals surface area contributed by atoms with E-state index in [4.69, 9.17) is 16.6 Å². The summed E-state index contributed by atoms with van der Waals surface area (Å²) in [6.07, 6.45) is 1.82. The van der Waals surface area contributed by atoms with Crippen LogP contribution in [0.5, 0.6) is 0 Å². The number of nitrogens with one attached hydrogen (secondary N) is 1. The minimum absolute atomic E-state index is 0.717. The van der Waals surface area contributed by atoms with Crippen LogP contribution in [0.15, 0.2) is 84.0 Å². The average Bonchev–Trinajstić information content (AvgIpc) is 3.26. The van der Waals surface area contributed by atoms with E-state index in [9.17, 15) is 0 Å².